The van der Waals surface area contributed by atoms with E-state index in [2.05, 4.69) is 9.72 Å². The lowest BCUT2D eigenvalue weighted by Gasteiger charge is -2.08. The maximum absolute atomic E-state index is 12.7. The summed E-state index contributed by atoms with van der Waals surface area (Å²) < 4.78 is 30.1. The van der Waals surface area contributed by atoms with Gasteiger partial charge in [-0.3, -0.25) is 4.79 Å². The molecule has 0 N–H and O–H groups in total. The predicted molar refractivity (Wildman–Crippen MR) is 62.3 cm³/mol. The van der Waals surface area contributed by atoms with Crippen LogP contribution in [-0.4, -0.2) is 18.1 Å². The van der Waals surface area contributed by atoms with E-state index >= 15 is 0 Å². The molecular weight excluding hydrogens is 345 g/mol. The van der Waals surface area contributed by atoms with E-state index in [1.165, 1.54) is 7.11 Å². The Hall–Kier alpha value is -1.30. The second kappa shape index (κ2) is 5.86. The summed E-state index contributed by atoms with van der Waals surface area (Å²) in [4.78, 5) is 14.9. The third-order valence-electron chi connectivity index (χ3n) is 1.98. The van der Waals surface area contributed by atoms with E-state index in [-0.39, 0.29) is 21.4 Å². The molecule has 0 bridgehead atoms. The zero-order chi connectivity index (χ0) is 13.0. The average Bonchev–Trinajstić information content (AvgIpc) is 2.28. The van der Waals surface area contributed by atoms with Crippen LogP contribution >= 0.6 is 22.6 Å². The molecule has 0 atom stereocenters. The van der Waals surface area contributed by atoms with Crippen molar-refractivity contribution in [1.82, 2.24) is 4.98 Å². The van der Waals surface area contributed by atoms with Crippen molar-refractivity contribution in [3.8, 4) is 6.07 Å². The summed E-state index contributed by atoms with van der Waals surface area (Å²) in [7, 11) is 1.17. The van der Waals surface area contributed by atoms with Crippen LogP contribution in [0.4, 0.5) is 8.78 Å². The van der Waals surface area contributed by atoms with Crippen LogP contribution in [0.2, 0.25) is 0 Å². The molecule has 0 fully saturated rings. The molecule has 17 heavy (non-hydrogen) atoms. The molecule has 1 aromatic heterocycles. The average molecular weight is 352 g/mol. The lowest BCUT2D eigenvalue weighted by Crippen LogP contribution is -2.10. The number of pyridine rings is 1. The molecule has 90 valence electrons. The van der Waals surface area contributed by atoms with Crippen molar-refractivity contribution in [2.45, 2.75) is 12.8 Å². The number of carbonyl (C=O) groups is 1. The van der Waals surface area contributed by atoms with Gasteiger partial charge in [0.15, 0.2) is 0 Å². The van der Waals surface area contributed by atoms with E-state index in [4.69, 9.17) is 5.26 Å². The largest absolute Gasteiger partial charge is 0.469 e. The van der Waals surface area contributed by atoms with Crippen LogP contribution in [0, 0.1) is 15.0 Å². The zero-order valence-corrected chi connectivity index (χ0v) is 10.9. The Labute approximate surface area is 110 Å². The SMILES string of the molecule is COC(=O)Cc1nc(I)c(C#N)cc1C(F)F. The molecule has 0 aliphatic heterocycles. The molecule has 1 aromatic rings. The third-order valence-corrected chi connectivity index (χ3v) is 2.81. The predicted octanol–water partition coefficient (Wildman–Crippen LogP) is 2.21. The molecule has 0 spiro atoms. The molecule has 4 nitrogen and oxygen atoms in total. The first-order valence-corrected chi connectivity index (χ1v) is 5.51. The highest BCUT2D eigenvalue weighted by atomic mass is 127. The van der Waals surface area contributed by atoms with Gasteiger partial charge in [-0.2, -0.15) is 5.26 Å². The van der Waals surface area contributed by atoms with Gasteiger partial charge in [-0.15, -0.1) is 0 Å². The number of esters is 1. The Morgan fingerprint density at radius 3 is 2.82 bits per heavy atom. The van der Waals surface area contributed by atoms with Gasteiger partial charge in [0.25, 0.3) is 6.43 Å². The number of rotatable bonds is 3. The molecule has 7 heteroatoms. The molecule has 1 rings (SSSR count). The molecule has 0 amide bonds. The van der Waals surface area contributed by atoms with Crippen molar-refractivity contribution in [2.75, 3.05) is 7.11 Å². The van der Waals surface area contributed by atoms with Crippen LogP contribution in [0.1, 0.15) is 23.2 Å². The molecule has 0 unspecified atom stereocenters. The molecule has 0 saturated carbocycles. The van der Waals surface area contributed by atoms with Crippen molar-refractivity contribution in [3.05, 3.63) is 26.6 Å². The maximum atomic E-state index is 12.7. The van der Waals surface area contributed by atoms with Crippen LogP contribution in [0.5, 0.6) is 0 Å². The Balaban J connectivity index is 3.24. The minimum atomic E-state index is -2.79. The van der Waals surface area contributed by atoms with Gasteiger partial charge in [-0.25, -0.2) is 13.8 Å². The van der Waals surface area contributed by atoms with Crippen LogP contribution in [0.25, 0.3) is 0 Å². The normalized spacial score (nSPS) is 10.1. The number of alkyl halides is 2. The fourth-order valence-corrected chi connectivity index (χ4v) is 1.73. The summed E-state index contributed by atoms with van der Waals surface area (Å²) in [5, 5.41) is 8.71. The number of carbonyl (C=O) groups excluding carboxylic acids is 1. The highest BCUT2D eigenvalue weighted by Crippen LogP contribution is 2.25. The fraction of sp³-hybridized carbons (Fsp3) is 0.300. The van der Waals surface area contributed by atoms with Gasteiger partial charge < -0.3 is 4.74 Å². The number of halogens is 3. The highest BCUT2D eigenvalue weighted by molar-refractivity contribution is 14.1. The Morgan fingerprint density at radius 1 is 1.71 bits per heavy atom. The van der Waals surface area contributed by atoms with Gasteiger partial charge >= 0.3 is 5.97 Å². The highest BCUT2D eigenvalue weighted by Gasteiger charge is 2.19. The fourth-order valence-electron chi connectivity index (χ4n) is 1.16. The van der Waals surface area contributed by atoms with E-state index in [0.29, 0.717) is 0 Å². The summed E-state index contributed by atoms with van der Waals surface area (Å²) in [5.74, 6) is -0.653. The van der Waals surface area contributed by atoms with E-state index in [1.807, 2.05) is 0 Å². The summed E-state index contributed by atoms with van der Waals surface area (Å²) in [5.41, 5.74) is -0.405. The first-order chi connectivity index (χ1) is 7.99. The number of methoxy groups -OCH3 is 1. The van der Waals surface area contributed by atoms with E-state index in [9.17, 15) is 13.6 Å². The van der Waals surface area contributed by atoms with Crippen LogP contribution < -0.4 is 0 Å². The number of aromatic nitrogens is 1. The van der Waals surface area contributed by atoms with E-state index < -0.39 is 18.0 Å². The molecule has 1 heterocycles. The molecule has 0 radical (unpaired) electrons. The van der Waals surface area contributed by atoms with E-state index in [1.54, 1.807) is 28.7 Å². The van der Waals surface area contributed by atoms with Crippen molar-refractivity contribution in [3.63, 3.8) is 0 Å². The number of nitrogens with zero attached hydrogens (tertiary/aromatic N) is 2. The Kier molecular flexibility index (Phi) is 4.74. The molecule has 0 saturated heterocycles. The van der Waals surface area contributed by atoms with Crippen LogP contribution in [0.15, 0.2) is 6.07 Å². The third kappa shape index (κ3) is 3.33. The van der Waals surface area contributed by atoms with Crippen molar-refractivity contribution in [1.29, 1.82) is 5.26 Å². The zero-order valence-electron chi connectivity index (χ0n) is 8.71. The quantitative estimate of drug-likeness (QED) is 0.475. The summed E-state index contributed by atoms with van der Waals surface area (Å²) in [6, 6.07) is 2.82. The monoisotopic (exact) mass is 352 g/mol. The van der Waals surface area contributed by atoms with Crippen LogP contribution in [0.3, 0.4) is 0 Å². The Bertz CT molecular complexity index is 486. The molecule has 0 aliphatic carbocycles. The standard InChI is InChI=1S/C10H7F2IN2O2/c1-17-8(16)3-7-6(9(11)12)2-5(4-14)10(13)15-7/h2,9H,3H2,1H3. The van der Waals surface area contributed by atoms with Crippen molar-refractivity contribution in [2.24, 2.45) is 0 Å². The van der Waals surface area contributed by atoms with Gasteiger partial charge in [0.05, 0.1) is 24.8 Å². The smallest absolute Gasteiger partial charge is 0.311 e. The minimum Gasteiger partial charge on any atom is -0.469 e. The molecule has 0 aromatic carbocycles. The second-order valence-corrected chi connectivity index (χ2v) is 4.05. The van der Waals surface area contributed by atoms with Gasteiger partial charge in [0, 0.05) is 5.56 Å². The molecule has 0 aliphatic rings. The number of nitriles is 1. The van der Waals surface area contributed by atoms with Gasteiger partial charge in [0.1, 0.15) is 9.77 Å². The summed E-state index contributed by atoms with van der Waals surface area (Å²) in [6.45, 7) is 0. The lowest BCUT2D eigenvalue weighted by atomic mass is 10.1. The van der Waals surface area contributed by atoms with Gasteiger partial charge in [-0.1, -0.05) is 0 Å². The van der Waals surface area contributed by atoms with Crippen molar-refractivity contribution < 1.29 is 18.3 Å². The van der Waals surface area contributed by atoms with Gasteiger partial charge in [0.2, 0.25) is 0 Å². The topological polar surface area (TPSA) is 63.0 Å². The van der Waals surface area contributed by atoms with Gasteiger partial charge in [-0.05, 0) is 28.7 Å². The minimum absolute atomic E-state index is 0.0600. The first-order valence-electron chi connectivity index (χ1n) is 4.44. The summed E-state index contributed by atoms with van der Waals surface area (Å²) in [6.07, 6.45) is -3.12. The number of ether oxygens (including phenoxy) is 1. The number of hydrogen-bond acceptors (Lipinski definition) is 4. The van der Waals surface area contributed by atoms with Crippen LogP contribution in [-0.2, 0) is 16.0 Å². The maximum Gasteiger partial charge on any atom is 0.311 e. The number of hydrogen-bond donors (Lipinski definition) is 0. The molecular formula is C10H7F2IN2O2. The second-order valence-electron chi connectivity index (χ2n) is 3.03. The van der Waals surface area contributed by atoms with E-state index in [0.717, 1.165) is 6.07 Å². The van der Waals surface area contributed by atoms with Crippen molar-refractivity contribution >= 4 is 28.6 Å². The lowest BCUT2D eigenvalue weighted by molar-refractivity contribution is -0.139. The summed E-state index contributed by atoms with van der Waals surface area (Å²) >= 11 is 1.75. The first kappa shape index (κ1) is 13.8. The Morgan fingerprint density at radius 2 is 2.35 bits per heavy atom.